The van der Waals surface area contributed by atoms with E-state index in [1.807, 2.05) is 4.57 Å². The van der Waals surface area contributed by atoms with Crippen molar-refractivity contribution in [2.45, 2.75) is 115 Å². The Morgan fingerprint density at radius 2 is 1.77 bits per heavy atom. The van der Waals surface area contributed by atoms with Crippen molar-refractivity contribution in [1.29, 1.82) is 0 Å². The molecule has 2 aliphatic carbocycles. The molecule has 1 amide bonds. The van der Waals surface area contributed by atoms with Crippen LogP contribution in [0.4, 0.5) is 0 Å². The van der Waals surface area contributed by atoms with Crippen LogP contribution < -0.4 is 10.9 Å². The summed E-state index contributed by atoms with van der Waals surface area (Å²) in [6.07, 6.45) is 10.6. The van der Waals surface area contributed by atoms with Gasteiger partial charge in [0.05, 0.1) is 6.61 Å². The number of aromatic nitrogens is 1. The molecule has 0 aromatic carbocycles. The highest BCUT2D eigenvalue weighted by Gasteiger charge is 2.52. The molecule has 1 saturated carbocycles. The fourth-order valence-electron chi connectivity index (χ4n) is 5.94. The summed E-state index contributed by atoms with van der Waals surface area (Å²) < 4.78 is 18.2. The molecule has 4 rings (SSSR count). The molecule has 2 atom stereocenters. The van der Waals surface area contributed by atoms with Gasteiger partial charge in [-0.2, -0.15) is 0 Å². The minimum absolute atomic E-state index is 0.00760. The molecule has 1 saturated heterocycles. The van der Waals surface area contributed by atoms with E-state index in [9.17, 15) is 24.3 Å². The summed E-state index contributed by atoms with van der Waals surface area (Å²) in [5.41, 5.74) is -0.268. The first-order chi connectivity index (χ1) is 18.5. The molecular formula is C29H42N2O8. The molecule has 1 aliphatic heterocycles. The quantitative estimate of drug-likeness (QED) is 0.474. The van der Waals surface area contributed by atoms with Crippen molar-refractivity contribution in [3.8, 4) is 0 Å². The molecular weight excluding hydrogens is 504 g/mol. The van der Waals surface area contributed by atoms with Crippen LogP contribution in [0, 0.1) is 5.92 Å². The Hall–Kier alpha value is -2.72. The Labute approximate surface area is 229 Å². The first-order valence-electron chi connectivity index (χ1n) is 14.3. The Bertz CT molecular complexity index is 1140. The zero-order valence-corrected chi connectivity index (χ0v) is 23.4. The van der Waals surface area contributed by atoms with Crippen LogP contribution in [0.15, 0.2) is 10.9 Å². The van der Waals surface area contributed by atoms with Gasteiger partial charge >= 0.3 is 11.9 Å². The average molecular weight is 547 g/mol. The summed E-state index contributed by atoms with van der Waals surface area (Å²) in [5, 5.41) is 12.3. The predicted molar refractivity (Wildman–Crippen MR) is 143 cm³/mol. The Balaban J connectivity index is 1.50. The normalized spacial score (nSPS) is 23.1. The summed E-state index contributed by atoms with van der Waals surface area (Å²) in [5.74, 6) is -3.60. The lowest BCUT2D eigenvalue weighted by molar-refractivity contribution is -0.201. The van der Waals surface area contributed by atoms with Crippen molar-refractivity contribution in [1.82, 2.24) is 9.88 Å². The summed E-state index contributed by atoms with van der Waals surface area (Å²) in [4.78, 5) is 51.5. The molecule has 0 spiro atoms. The number of aliphatic carboxylic acids is 1. The molecule has 2 N–H and O–H groups in total. The smallest absolute Gasteiger partial charge is 0.350 e. The summed E-state index contributed by atoms with van der Waals surface area (Å²) in [7, 11) is 0. The zero-order chi connectivity index (χ0) is 28.2. The van der Waals surface area contributed by atoms with E-state index in [0.29, 0.717) is 12.5 Å². The SMILES string of the molecule is CC1(C)OCC(C(C)(OC(=O)CNC(=O)c2cc3c(n(CC4CCCCC4)c2=O)CCCCCC3)C(=O)O)O1. The standard InChI is InChI=1S/C29H42N2O8/c1-28(2)37-18-23(38-28)29(3,27(35)36)39-24(32)16-30-25(33)21-15-20-13-9-4-5-10-14-22(20)31(26(21)34)17-19-11-7-6-8-12-19/h15,19,23H,4-14,16-18H2,1-3H3,(H,30,33)(H,35,36). The number of esters is 1. The number of hydrogen-bond acceptors (Lipinski definition) is 7. The summed E-state index contributed by atoms with van der Waals surface area (Å²) in [6.45, 7) is 4.48. The fraction of sp³-hybridized carbons (Fsp3) is 0.724. The number of carboxylic acids is 1. The minimum atomic E-state index is -2.01. The first-order valence-corrected chi connectivity index (χ1v) is 14.3. The lowest BCUT2D eigenvalue weighted by Gasteiger charge is -2.30. The fourth-order valence-corrected chi connectivity index (χ4v) is 5.94. The topological polar surface area (TPSA) is 133 Å². The number of hydrogen-bond donors (Lipinski definition) is 2. The van der Waals surface area contributed by atoms with Crippen molar-refractivity contribution in [3.63, 3.8) is 0 Å². The second-order valence-corrected chi connectivity index (χ2v) is 11.8. The van der Waals surface area contributed by atoms with Gasteiger partial charge in [0.25, 0.3) is 11.5 Å². The van der Waals surface area contributed by atoms with Crippen LogP contribution in [0.2, 0.25) is 0 Å². The number of aryl methyl sites for hydroxylation is 1. The largest absolute Gasteiger partial charge is 0.478 e. The highest BCUT2D eigenvalue weighted by atomic mass is 16.8. The van der Waals surface area contributed by atoms with Gasteiger partial charge in [-0.3, -0.25) is 14.4 Å². The number of amides is 1. The monoisotopic (exact) mass is 546 g/mol. The van der Waals surface area contributed by atoms with Gasteiger partial charge in [-0.05, 0) is 76.8 Å². The second-order valence-electron chi connectivity index (χ2n) is 11.8. The molecule has 2 heterocycles. The van der Waals surface area contributed by atoms with Crippen molar-refractivity contribution < 1.29 is 33.7 Å². The minimum Gasteiger partial charge on any atom is -0.478 e. The van der Waals surface area contributed by atoms with Crippen LogP contribution in [0.5, 0.6) is 0 Å². The van der Waals surface area contributed by atoms with E-state index in [1.54, 1.807) is 19.9 Å². The Kier molecular flexibility index (Phi) is 9.16. The third-order valence-corrected chi connectivity index (χ3v) is 8.28. The van der Waals surface area contributed by atoms with E-state index in [4.69, 9.17) is 14.2 Å². The van der Waals surface area contributed by atoms with Gasteiger partial charge in [-0.1, -0.05) is 32.1 Å². The summed E-state index contributed by atoms with van der Waals surface area (Å²) in [6, 6.07) is 1.69. The number of carbonyl (C=O) groups is 3. The van der Waals surface area contributed by atoms with Crippen molar-refractivity contribution in [2.24, 2.45) is 5.92 Å². The maximum absolute atomic E-state index is 13.6. The molecule has 2 unspecified atom stereocenters. The lowest BCUT2D eigenvalue weighted by atomic mass is 9.88. The second kappa shape index (κ2) is 12.2. The predicted octanol–water partition coefficient (Wildman–Crippen LogP) is 3.36. The van der Waals surface area contributed by atoms with E-state index >= 15 is 0 Å². The number of pyridine rings is 1. The first kappa shape index (κ1) is 29.3. The number of ether oxygens (including phenoxy) is 3. The van der Waals surface area contributed by atoms with E-state index in [-0.39, 0.29) is 17.7 Å². The van der Waals surface area contributed by atoms with Gasteiger partial charge < -0.3 is 29.2 Å². The molecule has 2 fully saturated rings. The molecule has 216 valence electrons. The number of fused-ring (bicyclic) bond motifs is 1. The van der Waals surface area contributed by atoms with E-state index in [2.05, 4.69) is 5.32 Å². The molecule has 10 heteroatoms. The molecule has 1 aromatic heterocycles. The van der Waals surface area contributed by atoms with Crippen molar-refractivity contribution >= 4 is 17.8 Å². The Morgan fingerprint density at radius 1 is 1.10 bits per heavy atom. The summed E-state index contributed by atoms with van der Waals surface area (Å²) >= 11 is 0. The number of carboxylic acid groups (broad SMARTS) is 1. The van der Waals surface area contributed by atoms with E-state index < -0.39 is 41.9 Å². The molecule has 1 aromatic rings. The average Bonchev–Trinajstić information content (AvgIpc) is 3.25. The maximum atomic E-state index is 13.6. The van der Waals surface area contributed by atoms with E-state index in [1.165, 1.54) is 13.3 Å². The van der Waals surface area contributed by atoms with Crippen LogP contribution in [0.1, 0.15) is 100 Å². The lowest BCUT2D eigenvalue weighted by Crippen LogP contribution is -2.53. The van der Waals surface area contributed by atoms with Gasteiger partial charge in [0, 0.05) is 12.2 Å². The molecule has 0 radical (unpaired) electrons. The number of carbonyl (C=O) groups excluding carboxylic acids is 2. The van der Waals surface area contributed by atoms with Gasteiger partial charge in [0.1, 0.15) is 18.2 Å². The molecule has 3 aliphatic rings. The van der Waals surface area contributed by atoms with E-state index in [0.717, 1.165) is 75.5 Å². The number of rotatable bonds is 8. The highest BCUT2D eigenvalue weighted by molar-refractivity contribution is 5.96. The molecule has 39 heavy (non-hydrogen) atoms. The van der Waals surface area contributed by atoms with Gasteiger partial charge in [-0.15, -0.1) is 0 Å². The van der Waals surface area contributed by atoms with Crippen LogP contribution in [0.3, 0.4) is 0 Å². The van der Waals surface area contributed by atoms with Crippen LogP contribution in [-0.4, -0.2) is 58.2 Å². The highest BCUT2D eigenvalue weighted by Crippen LogP contribution is 2.32. The van der Waals surface area contributed by atoms with Gasteiger partial charge in [0.2, 0.25) is 5.60 Å². The van der Waals surface area contributed by atoms with Crippen LogP contribution in [-0.2, 0) is 43.2 Å². The van der Waals surface area contributed by atoms with Crippen LogP contribution >= 0.6 is 0 Å². The Morgan fingerprint density at radius 3 is 2.41 bits per heavy atom. The number of nitrogens with one attached hydrogen (secondary N) is 1. The van der Waals surface area contributed by atoms with Crippen molar-refractivity contribution in [2.75, 3.05) is 13.2 Å². The van der Waals surface area contributed by atoms with Crippen LogP contribution in [0.25, 0.3) is 0 Å². The van der Waals surface area contributed by atoms with Gasteiger partial charge in [-0.25, -0.2) is 4.79 Å². The van der Waals surface area contributed by atoms with Crippen molar-refractivity contribution in [3.05, 3.63) is 33.2 Å². The zero-order valence-electron chi connectivity index (χ0n) is 23.4. The maximum Gasteiger partial charge on any atom is 0.350 e. The number of nitrogens with zero attached hydrogens (tertiary/aromatic N) is 1. The third-order valence-electron chi connectivity index (χ3n) is 8.28. The molecule has 10 nitrogen and oxygen atoms in total. The molecule has 0 bridgehead atoms. The third kappa shape index (κ3) is 6.90. The van der Waals surface area contributed by atoms with Gasteiger partial charge in [0.15, 0.2) is 5.79 Å².